The Balaban J connectivity index is 1.71. The van der Waals surface area contributed by atoms with E-state index in [4.69, 9.17) is 0 Å². The Hall–Kier alpha value is -3.70. The average molecular weight is 454 g/mol. The molecule has 1 atom stereocenters. The van der Waals surface area contributed by atoms with E-state index in [0.29, 0.717) is 17.2 Å². The molecule has 5 rings (SSSR count). The second kappa shape index (κ2) is 8.34. The predicted molar refractivity (Wildman–Crippen MR) is 134 cm³/mol. The van der Waals surface area contributed by atoms with E-state index in [9.17, 15) is 14.7 Å². The number of anilines is 1. The van der Waals surface area contributed by atoms with Crippen LogP contribution < -0.4 is 4.90 Å². The molecule has 164 valence electrons. The van der Waals surface area contributed by atoms with Crippen molar-refractivity contribution >= 4 is 45.2 Å². The number of benzene rings is 3. The van der Waals surface area contributed by atoms with E-state index in [-0.39, 0.29) is 11.3 Å². The summed E-state index contributed by atoms with van der Waals surface area (Å²) in [6.45, 7) is 4.22. The lowest BCUT2D eigenvalue weighted by molar-refractivity contribution is -0.132. The maximum Gasteiger partial charge on any atom is 0.300 e. The van der Waals surface area contributed by atoms with Crippen molar-refractivity contribution in [1.29, 1.82) is 0 Å². The van der Waals surface area contributed by atoms with Gasteiger partial charge in [-0.15, -0.1) is 11.3 Å². The maximum atomic E-state index is 13.3. The fourth-order valence-corrected chi connectivity index (χ4v) is 5.24. The quantitative estimate of drug-likeness (QED) is 0.214. The minimum Gasteiger partial charge on any atom is -0.507 e. The summed E-state index contributed by atoms with van der Waals surface area (Å²) in [6, 6.07) is 24.1. The third-order valence-corrected chi connectivity index (χ3v) is 7.06. The Kier molecular flexibility index (Phi) is 5.35. The first-order valence-electron chi connectivity index (χ1n) is 10.9. The lowest BCUT2D eigenvalue weighted by atomic mass is 9.96. The Morgan fingerprint density at radius 1 is 0.909 bits per heavy atom. The minimum atomic E-state index is -0.686. The van der Waals surface area contributed by atoms with Crippen molar-refractivity contribution in [1.82, 2.24) is 0 Å². The Labute approximate surface area is 196 Å². The summed E-state index contributed by atoms with van der Waals surface area (Å²) in [4.78, 5) is 28.9. The van der Waals surface area contributed by atoms with Gasteiger partial charge in [0.15, 0.2) is 0 Å². The number of ketones is 1. The summed E-state index contributed by atoms with van der Waals surface area (Å²) in [5, 5.41) is 15.1. The number of fused-ring (bicyclic) bond motifs is 1. The normalized spacial score (nSPS) is 17.9. The highest BCUT2D eigenvalue weighted by atomic mass is 32.1. The van der Waals surface area contributed by atoms with Gasteiger partial charge in [0.1, 0.15) is 11.8 Å². The van der Waals surface area contributed by atoms with Crippen LogP contribution in [0, 0.1) is 0 Å². The van der Waals surface area contributed by atoms with Crippen LogP contribution in [-0.2, 0) is 9.59 Å². The first-order valence-corrected chi connectivity index (χ1v) is 11.8. The van der Waals surface area contributed by atoms with E-state index in [2.05, 4.69) is 13.8 Å². The zero-order chi connectivity index (χ0) is 23.1. The third-order valence-electron chi connectivity index (χ3n) is 6.14. The molecule has 1 fully saturated rings. The number of carbonyl (C=O) groups is 2. The number of hydrogen-bond donors (Lipinski definition) is 1. The van der Waals surface area contributed by atoms with Gasteiger partial charge in [-0.05, 0) is 45.8 Å². The number of amides is 1. The molecule has 1 aliphatic rings. The molecule has 0 radical (unpaired) electrons. The van der Waals surface area contributed by atoms with Crippen LogP contribution in [0.25, 0.3) is 16.5 Å². The predicted octanol–water partition coefficient (Wildman–Crippen LogP) is 6.65. The molecule has 1 unspecified atom stereocenters. The van der Waals surface area contributed by atoms with Gasteiger partial charge in [-0.1, -0.05) is 74.5 Å². The van der Waals surface area contributed by atoms with Gasteiger partial charge in [-0.3, -0.25) is 14.5 Å². The molecule has 1 saturated heterocycles. The largest absolute Gasteiger partial charge is 0.507 e. The first kappa shape index (κ1) is 21.2. The summed E-state index contributed by atoms with van der Waals surface area (Å²) in [5.41, 5.74) is 2.45. The summed E-state index contributed by atoms with van der Waals surface area (Å²) in [7, 11) is 0. The van der Waals surface area contributed by atoms with Crippen LogP contribution in [-0.4, -0.2) is 16.8 Å². The Morgan fingerprint density at radius 2 is 1.64 bits per heavy atom. The highest BCUT2D eigenvalue weighted by molar-refractivity contribution is 7.10. The summed E-state index contributed by atoms with van der Waals surface area (Å²) in [5.74, 6) is -1.10. The van der Waals surface area contributed by atoms with Crippen molar-refractivity contribution in [2.75, 3.05) is 4.90 Å². The molecule has 4 nitrogen and oxygen atoms in total. The summed E-state index contributed by atoms with van der Waals surface area (Å²) >= 11 is 1.46. The molecule has 0 aliphatic carbocycles. The first-order chi connectivity index (χ1) is 16.0. The van der Waals surface area contributed by atoms with Gasteiger partial charge >= 0.3 is 0 Å². The van der Waals surface area contributed by atoms with Crippen molar-refractivity contribution in [3.63, 3.8) is 0 Å². The van der Waals surface area contributed by atoms with Gasteiger partial charge in [0.05, 0.1) is 5.57 Å². The standard InChI is InChI=1S/C28H23NO3S/c1-17(2)18-12-14-20(15-13-18)29-25(23-11-6-16-33-23)24(27(31)28(29)32)26(30)22-10-5-8-19-7-3-4-9-21(19)22/h3-17,25,30H,1-2H3/b26-24-. The molecule has 0 bridgehead atoms. The van der Waals surface area contributed by atoms with E-state index in [1.165, 1.54) is 16.2 Å². The fourth-order valence-electron chi connectivity index (χ4n) is 4.41. The number of carbonyl (C=O) groups excluding carboxylic acids is 2. The maximum absolute atomic E-state index is 13.3. The Morgan fingerprint density at radius 3 is 2.33 bits per heavy atom. The molecule has 0 spiro atoms. The van der Waals surface area contributed by atoms with E-state index >= 15 is 0 Å². The van der Waals surface area contributed by atoms with Crippen LogP contribution in [0.5, 0.6) is 0 Å². The average Bonchev–Trinajstić information content (AvgIpc) is 3.45. The molecule has 5 heteroatoms. The molecule has 33 heavy (non-hydrogen) atoms. The van der Waals surface area contributed by atoms with Gasteiger partial charge < -0.3 is 5.11 Å². The van der Waals surface area contributed by atoms with Crippen molar-refractivity contribution < 1.29 is 14.7 Å². The van der Waals surface area contributed by atoms with Crippen LogP contribution in [0.3, 0.4) is 0 Å². The minimum absolute atomic E-state index is 0.117. The molecule has 1 amide bonds. The molecule has 2 heterocycles. The van der Waals surface area contributed by atoms with Crippen LogP contribution in [0.2, 0.25) is 0 Å². The molecule has 3 aromatic carbocycles. The van der Waals surface area contributed by atoms with Crippen molar-refractivity contribution in [3.05, 3.63) is 106 Å². The second-order valence-corrected chi connectivity index (χ2v) is 9.44. The molecule has 1 aliphatic heterocycles. The van der Waals surface area contributed by atoms with Crippen molar-refractivity contribution in [3.8, 4) is 0 Å². The van der Waals surface area contributed by atoms with E-state index < -0.39 is 17.7 Å². The molecule has 1 N–H and O–H groups in total. The SMILES string of the molecule is CC(C)c1ccc(N2C(=O)C(=O)/C(=C(\O)c3cccc4ccccc34)C2c2cccs2)cc1. The smallest absolute Gasteiger partial charge is 0.300 e. The van der Waals surface area contributed by atoms with Gasteiger partial charge in [0.2, 0.25) is 0 Å². The molecule has 4 aromatic rings. The third kappa shape index (κ3) is 3.55. The topological polar surface area (TPSA) is 57.6 Å². The van der Waals surface area contributed by atoms with Gasteiger partial charge in [0.25, 0.3) is 11.7 Å². The van der Waals surface area contributed by atoms with E-state index in [0.717, 1.165) is 21.2 Å². The van der Waals surface area contributed by atoms with Gasteiger partial charge in [-0.2, -0.15) is 0 Å². The highest BCUT2D eigenvalue weighted by Gasteiger charge is 2.47. The summed E-state index contributed by atoms with van der Waals surface area (Å²) in [6.07, 6.45) is 0. The van der Waals surface area contributed by atoms with E-state index in [1.54, 1.807) is 6.07 Å². The van der Waals surface area contributed by atoms with Gasteiger partial charge in [0, 0.05) is 16.1 Å². The molecular weight excluding hydrogens is 430 g/mol. The number of aliphatic hydroxyl groups excluding tert-OH is 1. The number of hydrogen-bond acceptors (Lipinski definition) is 4. The monoisotopic (exact) mass is 453 g/mol. The lowest BCUT2D eigenvalue weighted by Gasteiger charge is -2.24. The number of thiophene rings is 1. The fraction of sp³-hybridized carbons (Fsp3) is 0.143. The van der Waals surface area contributed by atoms with Crippen LogP contribution in [0.4, 0.5) is 5.69 Å². The number of aliphatic hydroxyl groups is 1. The molecule has 1 aromatic heterocycles. The van der Waals surface area contributed by atoms with Crippen molar-refractivity contribution in [2.45, 2.75) is 25.8 Å². The lowest BCUT2D eigenvalue weighted by Crippen LogP contribution is -2.29. The molecule has 0 saturated carbocycles. The highest BCUT2D eigenvalue weighted by Crippen LogP contribution is 2.44. The van der Waals surface area contributed by atoms with Crippen LogP contribution in [0.15, 0.2) is 89.8 Å². The zero-order valence-corrected chi connectivity index (χ0v) is 19.2. The van der Waals surface area contributed by atoms with Gasteiger partial charge in [-0.25, -0.2) is 0 Å². The van der Waals surface area contributed by atoms with Crippen LogP contribution in [0.1, 0.15) is 41.8 Å². The Bertz CT molecular complexity index is 1380. The van der Waals surface area contributed by atoms with E-state index in [1.807, 2.05) is 78.2 Å². The second-order valence-electron chi connectivity index (χ2n) is 8.46. The summed E-state index contributed by atoms with van der Waals surface area (Å²) < 4.78 is 0. The number of Topliss-reactive ketones (excluding diaryl/α,β-unsaturated/α-hetero) is 1. The number of nitrogens with zero attached hydrogens (tertiary/aromatic N) is 1. The number of rotatable bonds is 4. The van der Waals surface area contributed by atoms with Crippen LogP contribution >= 0.6 is 11.3 Å². The van der Waals surface area contributed by atoms with Crippen molar-refractivity contribution in [2.24, 2.45) is 0 Å². The molecular formula is C28H23NO3S. The zero-order valence-electron chi connectivity index (χ0n) is 18.4.